The molecule has 15 heavy (non-hydrogen) atoms. The van der Waals surface area contributed by atoms with E-state index in [1.807, 2.05) is 10.8 Å². The molecule has 1 fully saturated rings. The molecule has 0 spiro atoms. The first kappa shape index (κ1) is 10.1. The van der Waals surface area contributed by atoms with Crippen LogP contribution in [0.25, 0.3) is 0 Å². The number of nitrogens with zero attached hydrogens (tertiary/aromatic N) is 1. The first-order chi connectivity index (χ1) is 7.20. The van der Waals surface area contributed by atoms with E-state index in [4.69, 9.17) is 4.74 Å². The molecule has 2 heterocycles. The Morgan fingerprint density at radius 2 is 2.47 bits per heavy atom. The van der Waals surface area contributed by atoms with Gasteiger partial charge in [-0.25, -0.2) is 0 Å². The molecule has 2 rings (SSSR count). The smallest absolute Gasteiger partial charge is 0.262 e. The average Bonchev–Trinajstić information content (AvgIpc) is 2.70. The zero-order valence-electron chi connectivity index (χ0n) is 8.60. The van der Waals surface area contributed by atoms with Gasteiger partial charge in [0.1, 0.15) is 0 Å². The summed E-state index contributed by atoms with van der Waals surface area (Å²) in [5.41, 5.74) is 0.914. The molecule has 4 nitrogen and oxygen atoms in total. The van der Waals surface area contributed by atoms with Crippen LogP contribution in [0.1, 0.15) is 35.1 Å². The van der Waals surface area contributed by atoms with Gasteiger partial charge in [-0.2, -0.15) is 4.57 Å². The summed E-state index contributed by atoms with van der Waals surface area (Å²) in [4.78, 5) is 10.8. The second-order valence-corrected chi connectivity index (χ2v) is 3.67. The Morgan fingerprint density at radius 1 is 1.67 bits per heavy atom. The summed E-state index contributed by atoms with van der Waals surface area (Å²) < 4.78 is 7.36. The molecule has 1 aliphatic heterocycles. The molecule has 1 aromatic rings. The fourth-order valence-electron chi connectivity index (χ4n) is 1.91. The molecule has 0 radical (unpaired) electrons. The van der Waals surface area contributed by atoms with Gasteiger partial charge < -0.3 is 14.6 Å². The third-order valence-corrected chi connectivity index (χ3v) is 2.72. The molecule has 1 atom stereocenters. The van der Waals surface area contributed by atoms with Gasteiger partial charge in [-0.15, -0.1) is 0 Å². The fourth-order valence-corrected chi connectivity index (χ4v) is 1.91. The SMILES string of the molecule is Cc1c(C(=O)[O-])ccc[n+]1C1CCCO1. The number of aromatic nitrogens is 1. The van der Waals surface area contributed by atoms with Crippen molar-refractivity contribution in [3.63, 3.8) is 0 Å². The first-order valence-electron chi connectivity index (χ1n) is 5.04. The van der Waals surface area contributed by atoms with Crippen molar-refractivity contribution in [2.24, 2.45) is 0 Å². The second kappa shape index (κ2) is 3.98. The number of carboxylic acid groups (broad SMARTS) is 1. The van der Waals surface area contributed by atoms with Gasteiger partial charge in [0.05, 0.1) is 18.1 Å². The van der Waals surface area contributed by atoms with Crippen molar-refractivity contribution < 1.29 is 19.2 Å². The molecule has 0 saturated carbocycles. The maximum Gasteiger partial charge on any atom is 0.262 e. The van der Waals surface area contributed by atoms with E-state index in [1.165, 1.54) is 0 Å². The van der Waals surface area contributed by atoms with Gasteiger partial charge in [0, 0.05) is 19.4 Å². The number of aromatic carboxylic acids is 1. The minimum atomic E-state index is -1.14. The fraction of sp³-hybridized carbons (Fsp3) is 0.455. The van der Waals surface area contributed by atoms with Crippen LogP contribution >= 0.6 is 0 Å². The average molecular weight is 207 g/mol. The summed E-state index contributed by atoms with van der Waals surface area (Å²) in [5, 5.41) is 10.8. The molecule has 1 aliphatic rings. The van der Waals surface area contributed by atoms with Crippen molar-refractivity contribution in [2.75, 3.05) is 6.61 Å². The number of ether oxygens (including phenoxy) is 1. The standard InChI is InChI=1S/C11H13NO3/c1-8-9(11(13)14)4-2-6-12(8)10-5-3-7-15-10/h2,4,6,10H,3,5,7H2,1H3. The molecule has 0 aromatic carbocycles. The maximum absolute atomic E-state index is 10.8. The van der Waals surface area contributed by atoms with Gasteiger partial charge in [0.2, 0.25) is 0 Å². The monoisotopic (exact) mass is 207 g/mol. The maximum atomic E-state index is 10.8. The molecule has 4 heteroatoms. The lowest BCUT2D eigenvalue weighted by molar-refractivity contribution is -0.762. The van der Waals surface area contributed by atoms with Crippen molar-refractivity contribution in [3.05, 3.63) is 29.6 Å². The highest BCUT2D eigenvalue weighted by Crippen LogP contribution is 2.18. The van der Waals surface area contributed by atoms with Crippen LogP contribution in [0, 0.1) is 6.92 Å². The Balaban J connectivity index is 2.39. The van der Waals surface area contributed by atoms with E-state index in [2.05, 4.69) is 0 Å². The van der Waals surface area contributed by atoms with E-state index in [0.717, 1.165) is 19.4 Å². The van der Waals surface area contributed by atoms with Gasteiger partial charge in [-0.1, -0.05) is 0 Å². The molecule has 0 aliphatic carbocycles. The number of pyridine rings is 1. The van der Waals surface area contributed by atoms with E-state index < -0.39 is 5.97 Å². The zero-order chi connectivity index (χ0) is 10.8. The van der Waals surface area contributed by atoms with E-state index in [1.54, 1.807) is 19.1 Å². The summed E-state index contributed by atoms with van der Waals surface area (Å²) in [6.45, 7) is 2.51. The predicted molar refractivity (Wildman–Crippen MR) is 49.9 cm³/mol. The highest BCUT2D eigenvalue weighted by molar-refractivity contribution is 5.86. The normalized spacial score (nSPS) is 20.5. The van der Waals surface area contributed by atoms with Gasteiger partial charge in [0.15, 0.2) is 11.9 Å². The molecular formula is C11H13NO3. The number of carbonyl (C=O) groups is 1. The lowest BCUT2D eigenvalue weighted by atomic mass is 10.2. The Morgan fingerprint density at radius 3 is 3.07 bits per heavy atom. The molecular weight excluding hydrogens is 194 g/mol. The van der Waals surface area contributed by atoms with E-state index in [9.17, 15) is 9.90 Å². The highest BCUT2D eigenvalue weighted by atomic mass is 16.5. The predicted octanol–water partition coefficient (Wildman–Crippen LogP) is -0.0450. The van der Waals surface area contributed by atoms with E-state index in [-0.39, 0.29) is 11.8 Å². The topological polar surface area (TPSA) is 53.2 Å². The van der Waals surface area contributed by atoms with Crippen molar-refractivity contribution in [3.8, 4) is 0 Å². The lowest BCUT2D eigenvalue weighted by Crippen LogP contribution is -2.44. The highest BCUT2D eigenvalue weighted by Gasteiger charge is 2.27. The van der Waals surface area contributed by atoms with Crippen molar-refractivity contribution >= 4 is 5.97 Å². The summed E-state index contributed by atoms with van der Waals surface area (Å²) in [6.07, 6.45) is 3.77. The summed E-state index contributed by atoms with van der Waals surface area (Å²) in [6, 6.07) is 3.26. The van der Waals surface area contributed by atoms with Crippen LogP contribution < -0.4 is 9.67 Å². The number of hydrogen-bond acceptors (Lipinski definition) is 3. The minimum absolute atomic E-state index is 0.0238. The van der Waals surface area contributed by atoms with Gasteiger partial charge in [-0.05, 0) is 12.5 Å². The third-order valence-electron chi connectivity index (χ3n) is 2.72. The van der Waals surface area contributed by atoms with E-state index >= 15 is 0 Å². The minimum Gasteiger partial charge on any atom is -0.545 e. The summed E-state index contributed by atoms with van der Waals surface area (Å²) >= 11 is 0. The van der Waals surface area contributed by atoms with Gasteiger partial charge >= 0.3 is 0 Å². The Hall–Kier alpha value is -1.42. The van der Waals surface area contributed by atoms with Crippen LogP contribution in [-0.2, 0) is 4.74 Å². The first-order valence-corrected chi connectivity index (χ1v) is 5.04. The van der Waals surface area contributed by atoms with Gasteiger partial charge in [-0.3, -0.25) is 0 Å². The zero-order valence-corrected chi connectivity index (χ0v) is 8.60. The molecule has 1 saturated heterocycles. The van der Waals surface area contributed by atoms with Gasteiger partial charge in [0.25, 0.3) is 6.23 Å². The largest absolute Gasteiger partial charge is 0.545 e. The van der Waals surface area contributed by atoms with Crippen molar-refractivity contribution in [2.45, 2.75) is 26.0 Å². The Bertz CT molecular complexity index is 383. The third kappa shape index (κ3) is 1.85. The molecule has 0 N–H and O–H groups in total. The van der Waals surface area contributed by atoms with Crippen molar-refractivity contribution in [1.82, 2.24) is 0 Å². The van der Waals surface area contributed by atoms with Crippen LogP contribution in [0.5, 0.6) is 0 Å². The molecule has 0 amide bonds. The van der Waals surface area contributed by atoms with Crippen LogP contribution in [0.3, 0.4) is 0 Å². The van der Waals surface area contributed by atoms with Crippen LogP contribution in [0.15, 0.2) is 18.3 Å². The quantitative estimate of drug-likeness (QED) is 0.639. The van der Waals surface area contributed by atoms with Crippen LogP contribution in [0.2, 0.25) is 0 Å². The molecule has 0 bridgehead atoms. The molecule has 1 aromatic heterocycles. The van der Waals surface area contributed by atoms with Crippen molar-refractivity contribution in [1.29, 1.82) is 0 Å². The van der Waals surface area contributed by atoms with Crippen LogP contribution in [0.4, 0.5) is 0 Å². The Kier molecular flexibility index (Phi) is 2.68. The number of hydrogen-bond donors (Lipinski definition) is 0. The summed E-state index contributed by atoms with van der Waals surface area (Å²) in [5.74, 6) is -1.14. The number of rotatable bonds is 2. The number of carboxylic acids is 1. The summed E-state index contributed by atoms with van der Waals surface area (Å²) in [7, 11) is 0. The number of carbonyl (C=O) groups excluding carboxylic acids is 1. The van der Waals surface area contributed by atoms with Crippen LogP contribution in [-0.4, -0.2) is 12.6 Å². The molecule has 80 valence electrons. The van der Waals surface area contributed by atoms with E-state index in [0.29, 0.717) is 5.69 Å². The second-order valence-electron chi connectivity index (χ2n) is 3.67. The lowest BCUT2D eigenvalue weighted by Gasteiger charge is -2.10. The molecule has 1 unspecified atom stereocenters. The Labute approximate surface area is 88.1 Å².